The normalized spacial score (nSPS) is 11.8. The number of carbonyl (C=O) groups is 1. The highest BCUT2D eigenvalue weighted by Crippen LogP contribution is 2.21. The number of benzene rings is 1. The van der Waals surface area contributed by atoms with E-state index in [4.69, 9.17) is 0 Å². The molecule has 122 valence electrons. The fraction of sp³-hybridized carbons (Fsp3) is 0.167. The van der Waals surface area contributed by atoms with Crippen molar-refractivity contribution in [3.63, 3.8) is 0 Å². The van der Waals surface area contributed by atoms with Gasteiger partial charge in [-0.25, -0.2) is 4.79 Å². The van der Waals surface area contributed by atoms with Gasteiger partial charge in [-0.15, -0.1) is 0 Å². The summed E-state index contributed by atoms with van der Waals surface area (Å²) in [5.74, 6) is 0.645. The summed E-state index contributed by atoms with van der Waals surface area (Å²) in [4.78, 5) is 16.5. The van der Waals surface area contributed by atoms with Crippen molar-refractivity contribution in [3.05, 3.63) is 77.7 Å². The first-order valence-electron chi connectivity index (χ1n) is 7.66. The maximum absolute atomic E-state index is 12.5. The first-order chi connectivity index (χ1) is 11.6. The molecule has 2 amide bonds. The van der Waals surface area contributed by atoms with E-state index in [-0.39, 0.29) is 12.1 Å². The Morgan fingerprint density at radius 3 is 2.38 bits per heavy atom. The predicted molar refractivity (Wildman–Crippen MR) is 92.6 cm³/mol. The van der Waals surface area contributed by atoms with Crippen molar-refractivity contribution in [2.24, 2.45) is 7.05 Å². The Labute approximate surface area is 140 Å². The van der Waals surface area contributed by atoms with Crippen LogP contribution in [0.15, 0.2) is 60.9 Å². The van der Waals surface area contributed by atoms with Gasteiger partial charge in [0, 0.05) is 25.5 Å². The molecular weight excluding hydrogens is 302 g/mol. The molecule has 0 saturated heterocycles. The van der Waals surface area contributed by atoms with Crippen molar-refractivity contribution >= 4 is 11.8 Å². The zero-order chi connectivity index (χ0) is 16.9. The second-order valence-corrected chi connectivity index (χ2v) is 5.52. The van der Waals surface area contributed by atoms with Crippen LogP contribution in [-0.4, -0.2) is 20.8 Å². The molecule has 0 aliphatic rings. The smallest absolute Gasteiger partial charge is 0.321 e. The Bertz CT molecular complexity index is 774. The quantitative estimate of drug-likeness (QED) is 0.776. The summed E-state index contributed by atoms with van der Waals surface area (Å²) < 4.78 is 1.64. The number of aryl methyl sites for hydroxylation is 2. The number of aromatic nitrogens is 3. The Kier molecular flexibility index (Phi) is 4.56. The molecule has 2 aromatic heterocycles. The van der Waals surface area contributed by atoms with Gasteiger partial charge in [-0.05, 0) is 30.2 Å². The van der Waals surface area contributed by atoms with Crippen LogP contribution in [-0.2, 0) is 7.05 Å². The van der Waals surface area contributed by atoms with E-state index in [0.717, 1.165) is 16.8 Å². The number of pyridine rings is 1. The molecule has 2 heterocycles. The zero-order valence-corrected chi connectivity index (χ0v) is 13.6. The summed E-state index contributed by atoms with van der Waals surface area (Å²) in [6.45, 7) is 1.88. The third kappa shape index (κ3) is 3.60. The molecule has 0 saturated carbocycles. The minimum atomic E-state index is -0.288. The van der Waals surface area contributed by atoms with Gasteiger partial charge in [-0.1, -0.05) is 30.3 Å². The van der Waals surface area contributed by atoms with E-state index in [0.29, 0.717) is 5.82 Å². The van der Waals surface area contributed by atoms with E-state index in [2.05, 4.69) is 20.7 Å². The second-order valence-electron chi connectivity index (χ2n) is 5.52. The van der Waals surface area contributed by atoms with Crippen LogP contribution >= 0.6 is 0 Å². The summed E-state index contributed by atoms with van der Waals surface area (Å²) >= 11 is 0. The van der Waals surface area contributed by atoms with Crippen LogP contribution in [0.5, 0.6) is 0 Å². The predicted octanol–water partition coefficient (Wildman–Crippen LogP) is 3.03. The Hall–Kier alpha value is -3.15. The van der Waals surface area contributed by atoms with Crippen molar-refractivity contribution in [2.45, 2.75) is 13.0 Å². The summed E-state index contributed by atoms with van der Waals surface area (Å²) in [6, 6.07) is 14.9. The minimum absolute atomic E-state index is 0.261. The number of urea groups is 1. The molecule has 0 spiro atoms. The molecule has 6 heteroatoms. The Morgan fingerprint density at radius 1 is 1.08 bits per heavy atom. The summed E-state index contributed by atoms with van der Waals surface area (Å²) in [6.07, 6.45) is 3.44. The molecule has 1 unspecified atom stereocenters. The lowest BCUT2D eigenvalue weighted by atomic mass is 10.00. The maximum Gasteiger partial charge on any atom is 0.321 e. The molecule has 2 N–H and O–H groups in total. The van der Waals surface area contributed by atoms with Gasteiger partial charge in [0.25, 0.3) is 0 Å². The van der Waals surface area contributed by atoms with E-state index in [9.17, 15) is 4.79 Å². The third-order valence-corrected chi connectivity index (χ3v) is 3.69. The molecule has 24 heavy (non-hydrogen) atoms. The number of carbonyl (C=O) groups excluding carboxylic acids is 1. The summed E-state index contributed by atoms with van der Waals surface area (Å²) in [5, 5.41) is 10.1. The molecular formula is C18H19N5O. The monoisotopic (exact) mass is 321 g/mol. The number of amides is 2. The third-order valence-electron chi connectivity index (χ3n) is 3.69. The van der Waals surface area contributed by atoms with Gasteiger partial charge in [0.15, 0.2) is 0 Å². The zero-order valence-electron chi connectivity index (χ0n) is 13.6. The van der Waals surface area contributed by atoms with Crippen LogP contribution < -0.4 is 10.6 Å². The first-order valence-corrected chi connectivity index (χ1v) is 7.66. The average Bonchev–Trinajstić information content (AvgIpc) is 2.91. The van der Waals surface area contributed by atoms with Crippen LogP contribution in [0, 0.1) is 6.92 Å². The second kappa shape index (κ2) is 6.95. The van der Waals surface area contributed by atoms with E-state index in [1.807, 2.05) is 55.5 Å². The Balaban J connectivity index is 1.82. The highest BCUT2D eigenvalue weighted by atomic mass is 16.2. The molecule has 0 bridgehead atoms. The minimum Gasteiger partial charge on any atom is -0.327 e. The Morgan fingerprint density at radius 2 is 1.75 bits per heavy atom. The van der Waals surface area contributed by atoms with E-state index < -0.39 is 0 Å². The van der Waals surface area contributed by atoms with Gasteiger partial charge >= 0.3 is 6.03 Å². The fourth-order valence-electron chi connectivity index (χ4n) is 2.57. The molecule has 3 rings (SSSR count). The number of nitrogens with one attached hydrogen (secondary N) is 2. The molecule has 0 aliphatic carbocycles. The summed E-state index contributed by atoms with van der Waals surface area (Å²) in [5.41, 5.74) is 2.81. The highest BCUT2D eigenvalue weighted by molar-refractivity contribution is 5.89. The van der Waals surface area contributed by atoms with Crippen LogP contribution in [0.4, 0.5) is 10.6 Å². The fourth-order valence-corrected chi connectivity index (χ4v) is 2.57. The van der Waals surface area contributed by atoms with Crippen LogP contribution in [0.1, 0.15) is 22.9 Å². The average molecular weight is 321 g/mol. The topological polar surface area (TPSA) is 71.8 Å². The SMILES string of the molecule is Cc1cc(NC(=O)NC(c2ccccc2)c2ccncc2)n(C)n1. The van der Waals surface area contributed by atoms with Gasteiger partial charge in [0.05, 0.1) is 11.7 Å². The maximum atomic E-state index is 12.5. The van der Waals surface area contributed by atoms with E-state index in [1.54, 1.807) is 24.1 Å². The standard InChI is InChI=1S/C18H19N5O/c1-13-12-16(23(2)22-13)20-18(24)21-17(14-6-4-3-5-7-14)15-8-10-19-11-9-15/h3-12,17H,1-2H3,(H2,20,21,24). The lowest BCUT2D eigenvalue weighted by molar-refractivity contribution is 0.250. The largest absolute Gasteiger partial charge is 0.327 e. The van der Waals surface area contributed by atoms with E-state index >= 15 is 0 Å². The van der Waals surface area contributed by atoms with Gasteiger partial charge < -0.3 is 5.32 Å². The van der Waals surface area contributed by atoms with Crippen molar-refractivity contribution in [1.82, 2.24) is 20.1 Å². The molecule has 1 aromatic carbocycles. The van der Waals surface area contributed by atoms with Crippen LogP contribution in [0.3, 0.4) is 0 Å². The molecule has 0 aliphatic heterocycles. The number of anilines is 1. The van der Waals surface area contributed by atoms with Gasteiger partial charge in [0.2, 0.25) is 0 Å². The molecule has 6 nitrogen and oxygen atoms in total. The summed E-state index contributed by atoms with van der Waals surface area (Å²) in [7, 11) is 1.79. The van der Waals surface area contributed by atoms with Crippen LogP contribution in [0.25, 0.3) is 0 Å². The van der Waals surface area contributed by atoms with E-state index in [1.165, 1.54) is 0 Å². The number of hydrogen-bond donors (Lipinski definition) is 2. The van der Waals surface area contributed by atoms with Gasteiger partial charge in [-0.2, -0.15) is 5.10 Å². The number of nitrogens with zero attached hydrogens (tertiary/aromatic N) is 3. The molecule has 0 fully saturated rings. The molecule has 0 radical (unpaired) electrons. The van der Waals surface area contributed by atoms with Gasteiger partial charge in [-0.3, -0.25) is 15.0 Å². The highest BCUT2D eigenvalue weighted by Gasteiger charge is 2.17. The number of hydrogen-bond acceptors (Lipinski definition) is 3. The number of rotatable bonds is 4. The van der Waals surface area contributed by atoms with Crippen molar-refractivity contribution < 1.29 is 4.79 Å². The lowest BCUT2D eigenvalue weighted by Crippen LogP contribution is -2.33. The van der Waals surface area contributed by atoms with Crippen molar-refractivity contribution in [2.75, 3.05) is 5.32 Å². The van der Waals surface area contributed by atoms with Crippen molar-refractivity contribution in [1.29, 1.82) is 0 Å². The first kappa shape index (κ1) is 15.7. The van der Waals surface area contributed by atoms with Gasteiger partial charge in [0.1, 0.15) is 5.82 Å². The molecule has 3 aromatic rings. The van der Waals surface area contributed by atoms with Crippen LogP contribution in [0.2, 0.25) is 0 Å². The molecule has 1 atom stereocenters. The van der Waals surface area contributed by atoms with Crippen molar-refractivity contribution in [3.8, 4) is 0 Å². The lowest BCUT2D eigenvalue weighted by Gasteiger charge is -2.20.